The first-order valence-electron chi connectivity index (χ1n) is 10.6. The predicted octanol–water partition coefficient (Wildman–Crippen LogP) is 5.63. The van der Waals surface area contributed by atoms with Crippen molar-refractivity contribution in [2.45, 2.75) is 31.6 Å². The van der Waals surface area contributed by atoms with Crippen LogP contribution in [0.4, 0.5) is 5.69 Å². The molecule has 0 unspecified atom stereocenters. The van der Waals surface area contributed by atoms with E-state index in [-0.39, 0.29) is 23.6 Å². The molecule has 33 heavy (non-hydrogen) atoms. The van der Waals surface area contributed by atoms with Crippen LogP contribution >= 0.6 is 11.6 Å². The standard InChI is InChI=1S/C25H26ClNO5S/c1-3-31-22-13-11-21(12-14-22)27(33(29,30)24-15-9-20(26)10-16-24)25(28)8-5-17-32-23-7-4-6-19(2)18-23/h4,6-7,9-16,18H,3,5,8,17H2,1-2H3. The molecule has 0 heterocycles. The topological polar surface area (TPSA) is 72.9 Å². The van der Waals surface area contributed by atoms with Crippen LogP contribution in [0.25, 0.3) is 0 Å². The first-order chi connectivity index (χ1) is 15.8. The lowest BCUT2D eigenvalue weighted by molar-refractivity contribution is -0.117. The Morgan fingerprint density at radius 1 is 0.939 bits per heavy atom. The summed E-state index contributed by atoms with van der Waals surface area (Å²) in [6, 6.07) is 19.7. The van der Waals surface area contributed by atoms with E-state index in [0.717, 1.165) is 9.87 Å². The minimum absolute atomic E-state index is 0.00809. The maximum atomic E-state index is 13.4. The van der Waals surface area contributed by atoms with E-state index in [1.54, 1.807) is 24.3 Å². The summed E-state index contributed by atoms with van der Waals surface area (Å²) in [6.45, 7) is 4.58. The number of carbonyl (C=O) groups excluding carboxylic acids is 1. The number of rotatable bonds is 10. The van der Waals surface area contributed by atoms with Crippen LogP contribution in [0, 0.1) is 6.92 Å². The lowest BCUT2D eigenvalue weighted by atomic mass is 10.2. The molecular formula is C25H26ClNO5S. The molecule has 0 atom stereocenters. The maximum Gasteiger partial charge on any atom is 0.270 e. The molecule has 0 aliphatic rings. The van der Waals surface area contributed by atoms with E-state index in [2.05, 4.69) is 0 Å². The zero-order chi connectivity index (χ0) is 23.8. The molecule has 0 bridgehead atoms. The van der Waals surface area contributed by atoms with Crippen LogP contribution in [0.1, 0.15) is 25.3 Å². The van der Waals surface area contributed by atoms with Gasteiger partial charge in [-0.3, -0.25) is 4.79 Å². The van der Waals surface area contributed by atoms with Crippen molar-refractivity contribution >= 4 is 33.2 Å². The van der Waals surface area contributed by atoms with Crippen molar-refractivity contribution in [2.75, 3.05) is 17.5 Å². The number of sulfonamides is 1. The van der Waals surface area contributed by atoms with Crippen LogP contribution in [0.3, 0.4) is 0 Å². The van der Waals surface area contributed by atoms with Gasteiger partial charge in [-0.2, -0.15) is 0 Å². The highest BCUT2D eigenvalue weighted by Gasteiger charge is 2.30. The Balaban J connectivity index is 1.79. The van der Waals surface area contributed by atoms with Gasteiger partial charge in [0.2, 0.25) is 5.91 Å². The Morgan fingerprint density at radius 2 is 1.64 bits per heavy atom. The molecule has 174 valence electrons. The van der Waals surface area contributed by atoms with Gasteiger partial charge in [0.15, 0.2) is 0 Å². The molecule has 3 aromatic carbocycles. The molecule has 3 rings (SSSR count). The highest BCUT2D eigenvalue weighted by Crippen LogP contribution is 2.28. The summed E-state index contributed by atoms with van der Waals surface area (Å²) in [4.78, 5) is 13.1. The molecule has 0 spiro atoms. The molecule has 8 heteroatoms. The van der Waals surface area contributed by atoms with E-state index in [1.165, 1.54) is 24.3 Å². The van der Waals surface area contributed by atoms with Crippen LogP contribution in [-0.2, 0) is 14.8 Å². The van der Waals surface area contributed by atoms with Crippen LogP contribution < -0.4 is 13.8 Å². The number of amides is 1. The Hall–Kier alpha value is -3.03. The van der Waals surface area contributed by atoms with Crippen LogP contribution in [0.15, 0.2) is 77.7 Å². The fourth-order valence-corrected chi connectivity index (χ4v) is 4.77. The smallest absolute Gasteiger partial charge is 0.270 e. The predicted molar refractivity (Wildman–Crippen MR) is 130 cm³/mol. The summed E-state index contributed by atoms with van der Waals surface area (Å²) >= 11 is 5.91. The van der Waals surface area contributed by atoms with Crippen molar-refractivity contribution in [3.05, 3.63) is 83.4 Å². The third-order valence-corrected chi connectivity index (χ3v) is 6.77. The van der Waals surface area contributed by atoms with Gasteiger partial charge in [0.05, 0.1) is 23.8 Å². The maximum absolute atomic E-state index is 13.4. The van der Waals surface area contributed by atoms with Crippen molar-refractivity contribution in [2.24, 2.45) is 0 Å². The lowest BCUT2D eigenvalue weighted by Crippen LogP contribution is -2.37. The quantitative estimate of drug-likeness (QED) is 0.346. The monoisotopic (exact) mass is 487 g/mol. The summed E-state index contributed by atoms with van der Waals surface area (Å²) in [6.07, 6.45) is 0.349. The molecule has 0 aromatic heterocycles. The molecule has 0 radical (unpaired) electrons. The van der Waals surface area contributed by atoms with E-state index in [0.29, 0.717) is 29.5 Å². The second-order valence-electron chi connectivity index (χ2n) is 7.31. The van der Waals surface area contributed by atoms with Crippen LogP contribution in [-0.4, -0.2) is 27.5 Å². The summed E-state index contributed by atoms with van der Waals surface area (Å²) in [5, 5.41) is 0.404. The number of aryl methyl sites for hydroxylation is 1. The van der Waals surface area contributed by atoms with Gasteiger partial charge in [0.25, 0.3) is 10.0 Å². The molecule has 1 amide bonds. The molecule has 0 fully saturated rings. The number of nitrogens with zero attached hydrogens (tertiary/aromatic N) is 1. The zero-order valence-electron chi connectivity index (χ0n) is 18.5. The molecule has 0 N–H and O–H groups in total. The van der Waals surface area contributed by atoms with Crippen molar-refractivity contribution in [3.8, 4) is 11.5 Å². The number of ether oxygens (including phenoxy) is 2. The van der Waals surface area contributed by atoms with Gasteiger partial charge in [0.1, 0.15) is 11.5 Å². The summed E-state index contributed by atoms with van der Waals surface area (Å²) in [5.74, 6) is 0.741. The second-order valence-corrected chi connectivity index (χ2v) is 9.54. The molecule has 6 nitrogen and oxygen atoms in total. The van der Waals surface area contributed by atoms with E-state index in [9.17, 15) is 13.2 Å². The molecule has 0 saturated carbocycles. The average Bonchev–Trinajstić information content (AvgIpc) is 2.78. The fourth-order valence-electron chi connectivity index (χ4n) is 3.19. The van der Waals surface area contributed by atoms with E-state index in [1.807, 2.05) is 38.1 Å². The van der Waals surface area contributed by atoms with Crippen molar-refractivity contribution in [1.82, 2.24) is 0 Å². The molecule has 3 aromatic rings. The number of hydrogen-bond donors (Lipinski definition) is 0. The Bertz CT molecular complexity index is 1180. The largest absolute Gasteiger partial charge is 0.494 e. The fraction of sp³-hybridized carbons (Fsp3) is 0.240. The second kappa shape index (κ2) is 11.2. The number of anilines is 1. The number of benzene rings is 3. The number of carbonyl (C=O) groups is 1. The van der Waals surface area contributed by atoms with Gasteiger partial charge in [-0.25, -0.2) is 12.7 Å². The third-order valence-electron chi connectivity index (χ3n) is 4.75. The summed E-state index contributed by atoms with van der Waals surface area (Å²) in [5.41, 5.74) is 1.30. The molecular weight excluding hydrogens is 462 g/mol. The Morgan fingerprint density at radius 3 is 2.27 bits per heavy atom. The SMILES string of the molecule is CCOc1ccc(N(C(=O)CCCOc2cccc(C)c2)S(=O)(=O)c2ccc(Cl)cc2)cc1. The third kappa shape index (κ3) is 6.49. The lowest BCUT2D eigenvalue weighted by Gasteiger charge is -2.23. The van der Waals surface area contributed by atoms with Crippen molar-refractivity contribution < 1.29 is 22.7 Å². The van der Waals surface area contributed by atoms with Crippen molar-refractivity contribution in [1.29, 1.82) is 0 Å². The van der Waals surface area contributed by atoms with Gasteiger partial charge < -0.3 is 9.47 Å². The minimum atomic E-state index is -4.15. The van der Waals surface area contributed by atoms with Gasteiger partial charge >= 0.3 is 0 Å². The molecule has 0 aliphatic heterocycles. The molecule has 0 saturated heterocycles. The first kappa shape index (κ1) is 24.6. The Labute approximate surface area is 199 Å². The Kier molecular flexibility index (Phi) is 8.36. The summed E-state index contributed by atoms with van der Waals surface area (Å²) < 4.78 is 38.7. The number of halogens is 1. The van der Waals surface area contributed by atoms with Crippen molar-refractivity contribution in [3.63, 3.8) is 0 Å². The first-order valence-corrected chi connectivity index (χ1v) is 12.4. The minimum Gasteiger partial charge on any atom is -0.494 e. The normalized spacial score (nSPS) is 11.1. The highest BCUT2D eigenvalue weighted by molar-refractivity contribution is 7.93. The van der Waals surface area contributed by atoms with E-state index < -0.39 is 15.9 Å². The van der Waals surface area contributed by atoms with E-state index >= 15 is 0 Å². The van der Waals surface area contributed by atoms with Gasteiger partial charge in [-0.15, -0.1) is 0 Å². The van der Waals surface area contributed by atoms with Gasteiger partial charge in [0, 0.05) is 11.4 Å². The highest BCUT2D eigenvalue weighted by atomic mass is 35.5. The van der Waals surface area contributed by atoms with E-state index in [4.69, 9.17) is 21.1 Å². The molecule has 0 aliphatic carbocycles. The van der Waals surface area contributed by atoms with Crippen LogP contribution in [0.5, 0.6) is 11.5 Å². The van der Waals surface area contributed by atoms with Crippen LogP contribution in [0.2, 0.25) is 5.02 Å². The van der Waals surface area contributed by atoms with Gasteiger partial charge in [-0.1, -0.05) is 23.7 Å². The number of hydrogen-bond acceptors (Lipinski definition) is 5. The zero-order valence-corrected chi connectivity index (χ0v) is 20.1. The summed E-state index contributed by atoms with van der Waals surface area (Å²) in [7, 11) is -4.15. The average molecular weight is 488 g/mol. The van der Waals surface area contributed by atoms with Gasteiger partial charge in [-0.05, 0) is 86.5 Å².